The fourth-order valence-electron chi connectivity index (χ4n) is 3.03. The highest BCUT2D eigenvalue weighted by Crippen LogP contribution is 2.32. The fourth-order valence-corrected chi connectivity index (χ4v) is 3.51. The monoisotopic (exact) mass is 402 g/mol. The molecule has 0 radical (unpaired) electrons. The smallest absolute Gasteiger partial charge is 0.255 e. The van der Waals surface area contributed by atoms with Crippen molar-refractivity contribution in [3.05, 3.63) is 69.2 Å². The van der Waals surface area contributed by atoms with Crippen LogP contribution in [0.1, 0.15) is 52.0 Å². The van der Waals surface area contributed by atoms with Crippen LogP contribution in [0.3, 0.4) is 0 Å². The molecule has 2 aliphatic carbocycles. The molecule has 0 atom stereocenters. The Kier molecular flexibility index (Phi) is 5.11. The molecular weight excluding hydrogens is 383 g/mol. The predicted molar refractivity (Wildman–Crippen MR) is 106 cm³/mol. The number of benzene rings is 2. The van der Waals surface area contributed by atoms with Gasteiger partial charge in [-0.15, -0.1) is 0 Å². The van der Waals surface area contributed by atoms with Crippen molar-refractivity contribution in [1.82, 2.24) is 10.2 Å². The minimum absolute atomic E-state index is 0.0351. The quantitative estimate of drug-likeness (QED) is 0.761. The molecule has 0 heterocycles. The number of carbonyl (C=O) groups excluding carboxylic acids is 2. The SMILES string of the molecule is O=C(NC1CC1)c1ccc(CN(C(=O)c2ccc(Cl)cc2Cl)C2CC2)cc1. The van der Waals surface area contributed by atoms with Crippen LogP contribution in [0, 0.1) is 0 Å². The van der Waals surface area contributed by atoms with E-state index in [1.807, 2.05) is 29.2 Å². The van der Waals surface area contributed by atoms with Gasteiger partial charge in [0, 0.05) is 29.2 Å². The van der Waals surface area contributed by atoms with Crippen molar-refractivity contribution < 1.29 is 9.59 Å². The third-order valence-electron chi connectivity index (χ3n) is 4.89. The fraction of sp³-hybridized carbons (Fsp3) is 0.333. The van der Waals surface area contributed by atoms with E-state index in [-0.39, 0.29) is 17.9 Å². The first kappa shape index (κ1) is 18.3. The summed E-state index contributed by atoms with van der Waals surface area (Å²) in [6.45, 7) is 0.493. The van der Waals surface area contributed by atoms with Crippen LogP contribution in [0.25, 0.3) is 0 Å². The molecule has 0 unspecified atom stereocenters. The summed E-state index contributed by atoms with van der Waals surface area (Å²) < 4.78 is 0. The van der Waals surface area contributed by atoms with E-state index < -0.39 is 0 Å². The topological polar surface area (TPSA) is 49.4 Å². The summed E-state index contributed by atoms with van der Waals surface area (Å²) >= 11 is 12.2. The first-order chi connectivity index (χ1) is 13.0. The molecule has 0 spiro atoms. The lowest BCUT2D eigenvalue weighted by molar-refractivity contribution is 0.0729. The first-order valence-electron chi connectivity index (χ1n) is 9.17. The highest BCUT2D eigenvalue weighted by Gasteiger charge is 2.33. The summed E-state index contributed by atoms with van der Waals surface area (Å²) in [5, 5.41) is 3.86. The molecule has 0 aliphatic heterocycles. The normalized spacial score (nSPS) is 16.1. The van der Waals surface area contributed by atoms with Gasteiger partial charge in [0.15, 0.2) is 0 Å². The van der Waals surface area contributed by atoms with Gasteiger partial charge in [0.2, 0.25) is 0 Å². The standard InChI is InChI=1S/C21H20Cl2N2O2/c22-15-5-10-18(19(23)11-15)21(27)25(17-8-9-17)12-13-1-3-14(4-2-13)20(26)24-16-6-7-16/h1-5,10-11,16-17H,6-9,12H2,(H,24,26). The Morgan fingerprint density at radius 1 is 1.00 bits per heavy atom. The zero-order valence-corrected chi connectivity index (χ0v) is 16.3. The van der Waals surface area contributed by atoms with Gasteiger partial charge >= 0.3 is 0 Å². The number of hydrogen-bond donors (Lipinski definition) is 1. The zero-order chi connectivity index (χ0) is 19.0. The summed E-state index contributed by atoms with van der Waals surface area (Å²) in [4.78, 5) is 27.0. The molecule has 0 aromatic heterocycles. The summed E-state index contributed by atoms with van der Waals surface area (Å²) in [7, 11) is 0. The molecule has 2 aromatic rings. The van der Waals surface area contributed by atoms with E-state index in [4.69, 9.17) is 23.2 Å². The van der Waals surface area contributed by atoms with Crippen molar-refractivity contribution in [2.75, 3.05) is 0 Å². The number of rotatable bonds is 6. The molecule has 6 heteroatoms. The van der Waals surface area contributed by atoms with Crippen LogP contribution in [-0.2, 0) is 6.54 Å². The lowest BCUT2D eigenvalue weighted by atomic mass is 10.1. The van der Waals surface area contributed by atoms with E-state index in [0.29, 0.717) is 33.8 Å². The highest BCUT2D eigenvalue weighted by atomic mass is 35.5. The number of nitrogens with one attached hydrogen (secondary N) is 1. The van der Waals surface area contributed by atoms with Gasteiger partial charge in [0.05, 0.1) is 10.6 Å². The van der Waals surface area contributed by atoms with Crippen molar-refractivity contribution in [2.45, 2.75) is 44.3 Å². The van der Waals surface area contributed by atoms with Gasteiger partial charge in [0.25, 0.3) is 11.8 Å². The third kappa shape index (κ3) is 4.45. The van der Waals surface area contributed by atoms with Crippen LogP contribution in [0.4, 0.5) is 0 Å². The Morgan fingerprint density at radius 3 is 2.30 bits per heavy atom. The number of hydrogen-bond acceptors (Lipinski definition) is 2. The van der Waals surface area contributed by atoms with Crippen molar-refractivity contribution in [1.29, 1.82) is 0 Å². The molecule has 4 rings (SSSR count). The molecule has 2 aromatic carbocycles. The summed E-state index contributed by atoms with van der Waals surface area (Å²) in [6.07, 6.45) is 4.13. The maximum absolute atomic E-state index is 13.0. The second kappa shape index (κ2) is 7.53. The molecule has 0 bridgehead atoms. The third-order valence-corrected chi connectivity index (χ3v) is 5.44. The summed E-state index contributed by atoms with van der Waals surface area (Å²) in [6, 6.07) is 13.0. The van der Waals surface area contributed by atoms with Crippen LogP contribution in [-0.4, -0.2) is 28.8 Å². The van der Waals surface area contributed by atoms with Gasteiger partial charge < -0.3 is 10.2 Å². The van der Waals surface area contributed by atoms with E-state index in [1.165, 1.54) is 0 Å². The van der Waals surface area contributed by atoms with E-state index in [0.717, 1.165) is 31.2 Å². The summed E-state index contributed by atoms with van der Waals surface area (Å²) in [5.74, 6) is -0.123. The maximum atomic E-state index is 13.0. The van der Waals surface area contributed by atoms with Crippen molar-refractivity contribution in [3.8, 4) is 0 Å². The number of carbonyl (C=O) groups is 2. The van der Waals surface area contributed by atoms with Gasteiger partial charge in [-0.2, -0.15) is 0 Å². The van der Waals surface area contributed by atoms with E-state index in [2.05, 4.69) is 5.32 Å². The van der Waals surface area contributed by atoms with E-state index in [9.17, 15) is 9.59 Å². The lowest BCUT2D eigenvalue weighted by Crippen LogP contribution is -2.32. The number of amides is 2. The minimum atomic E-state index is -0.0882. The second-order valence-corrected chi connectivity index (χ2v) is 8.08. The molecular formula is C21H20Cl2N2O2. The Morgan fingerprint density at radius 2 is 1.70 bits per heavy atom. The molecule has 2 saturated carbocycles. The van der Waals surface area contributed by atoms with Gasteiger partial charge in [0.1, 0.15) is 0 Å². The molecule has 2 aliphatic rings. The van der Waals surface area contributed by atoms with Crippen LogP contribution < -0.4 is 5.32 Å². The summed E-state index contributed by atoms with van der Waals surface area (Å²) in [5.41, 5.74) is 2.10. The van der Waals surface area contributed by atoms with Crippen LogP contribution in [0.2, 0.25) is 10.0 Å². The van der Waals surface area contributed by atoms with Gasteiger partial charge in [-0.25, -0.2) is 0 Å². The van der Waals surface area contributed by atoms with Crippen molar-refractivity contribution in [2.24, 2.45) is 0 Å². The molecule has 140 valence electrons. The van der Waals surface area contributed by atoms with Crippen molar-refractivity contribution >= 4 is 35.0 Å². The molecule has 2 fully saturated rings. The van der Waals surface area contributed by atoms with Crippen LogP contribution in [0.5, 0.6) is 0 Å². The highest BCUT2D eigenvalue weighted by molar-refractivity contribution is 6.36. The van der Waals surface area contributed by atoms with Crippen LogP contribution >= 0.6 is 23.2 Å². The molecule has 2 amide bonds. The van der Waals surface area contributed by atoms with Crippen molar-refractivity contribution in [3.63, 3.8) is 0 Å². The van der Waals surface area contributed by atoms with E-state index >= 15 is 0 Å². The van der Waals surface area contributed by atoms with Gasteiger partial charge in [-0.1, -0.05) is 35.3 Å². The lowest BCUT2D eigenvalue weighted by Gasteiger charge is -2.23. The Hall–Kier alpha value is -2.04. The molecule has 1 N–H and O–H groups in total. The number of nitrogens with zero attached hydrogens (tertiary/aromatic N) is 1. The largest absolute Gasteiger partial charge is 0.349 e. The Labute approximate surface area is 168 Å². The number of halogens is 2. The Balaban J connectivity index is 1.48. The molecule has 27 heavy (non-hydrogen) atoms. The second-order valence-electron chi connectivity index (χ2n) is 7.23. The average molecular weight is 403 g/mol. The average Bonchev–Trinajstić information content (AvgIpc) is 3.54. The van der Waals surface area contributed by atoms with Crippen LogP contribution in [0.15, 0.2) is 42.5 Å². The van der Waals surface area contributed by atoms with Gasteiger partial charge in [-0.05, 0) is 61.6 Å². The maximum Gasteiger partial charge on any atom is 0.255 e. The molecule has 0 saturated heterocycles. The Bertz CT molecular complexity index is 874. The molecule has 4 nitrogen and oxygen atoms in total. The van der Waals surface area contributed by atoms with E-state index in [1.54, 1.807) is 18.2 Å². The van der Waals surface area contributed by atoms with Gasteiger partial charge in [-0.3, -0.25) is 9.59 Å². The minimum Gasteiger partial charge on any atom is -0.349 e. The predicted octanol–water partition coefficient (Wildman–Crippen LogP) is 4.69. The first-order valence-corrected chi connectivity index (χ1v) is 9.92. The zero-order valence-electron chi connectivity index (χ0n) is 14.8.